The number of aryl methyl sites for hydroxylation is 4. The van der Waals surface area contributed by atoms with E-state index in [0.717, 1.165) is 18.2 Å². The van der Waals surface area contributed by atoms with Gasteiger partial charge in [-0.1, -0.05) is 35.9 Å². The van der Waals surface area contributed by atoms with Gasteiger partial charge in [-0.25, -0.2) is 0 Å². The normalized spacial score (nSPS) is 14.8. The van der Waals surface area contributed by atoms with Crippen molar-refractivity contribution in [2.75, 3.05) is 22.9 Å². The molecule has 0 aromatic heterocycles. The first-order valence-corrected chi connectivity index (χ1v) is 8.12. The van der Waals surface area contributed by atoms with Crippen LogP contribution in [-0.4, -0.2) is 18.2 Å². The fourth-order valence-corrected chi connectivity index (χ4v) is 3.80. The number of nitrogens with zero attached hydrogens (tertiary/aromatic N) is 2. The lowest BCUT2D eigenvalue weighted by atomic mass is 10.0. The molecular weight excluding hydrogens is 288 g/mol. The molecule has 0 radical (unpaired) electrons. The summed E-state index contributed by atoms with van der Waals surface area (Å²) in [5.41, 5.74) is 7.66. The van der Waals surface area contributed by atoms with Crippen molar-refractivity contribution in [1.82, 2.24) is 0 Å². The average Bonchev–Trinajstić information content (AvgIpc) is 2.80. The number of para-hydroxylation sites is 1. The highest BCUT2D eigenvalue weighted by atomic mass is 32.1. The SMILES string of the molecule is Cc1cc(C)c(N2CCN(c3ccccc3C)C2=S)c(C)c1. The summed E-state index contributed by atoms with van der Waals surface area (Å²) in [7, 11) is 0. The lowest BCUT2D eigenvalue weighted by Crippen LogP contribution is -2.32. The van der Waals surface area contributed by atoms with Crippen LogP contribution in [0.3, 0.4) is 0 Å². The molecule has 1 heterocycles. The molecule has 0 amide bonds. The van der Waals surface area contributed by atoms with Crippen molar-refractivity contribution < 1.29 is 0 Å². The van der Waals surface area contributed by atoms with E-state index in [1.807, 2.05) is 0 Å². The maximum atomic E-state index is 5.79. The van der Waals surface area contributed by atoms with Gasteiger partial charge >= 0.3 is 0 Å². The molecule has 3 rings (SSSR count). The number of rotatable bonds is 2. The van der Waals surface area contributed by atoms with Gasteiger partial charge in [-0.2, -0.15) is 0 Å². The Hall–Kier alpha value is -1.87. The first kappa shape index (κ1) is 15.0. The number of thiocarbonyl (C=S) groups is 1. The Morgan fingerprint density at radius 1 is 0.818 bits per heavy atom. The van der Waals surface area contributed by atoms with Gasteiger partial charge in [0.1, 0.15) is 0 Å². The molecule has 0 aliphatic carbocycles. The molecule has 22 heavy (non-hydrogen) atoms. The van der Waals surface area contributed by atoms with E-state index in [2.05, 4.69) is 73.9 Å². The summed E-state index contributed by atoms with van der Waals surface area (Å²) in [5.74, 6) is 0. The van der Waals surface area contributed by atoms with E-state index < -0.39 is 0 Å². The lowest BCUT2D eigenvalue weighted by Gasteiger charge is -2.26. The minimum absolute atomic E-state index is 0.907. The summed E-state index contributed by atoms with van der Waals surface area (Å²) in [6.45, 7) is 10.5. The molecular formula is C19H22N2S. The Morgan fingerprint density at radius 3 is 2.05 bits per heavy atom. The Morgan fingerprint density at radius 2 is 1.41 bits per heavy atom. The highest BCUT2D eigenvalue weighted by Crippen LogP contribution is 2.32. The predicted octanol–water partition coefficient (Wildman–Crippen LogP) is 4.53. The van der Waals surface area contributed by atoms with E-state index in [0.29, 0.717) is 0 Å². The molecule has 2 aromatic rings. The molecule has 0 bridgehead atoms. The Labute approximate surface area is 138 Å². The van der Waals surface area contributed by atoms with Crippen LogP contribution in [0.2, 0.25) is 0 Å². The molecule has 2 aromatic carbocycles. The van der Waals surface area contributed by atoms with Gasteiger partial charge in [-0.05, 0) is 62.7 Å². The fraction of sp³-hybridized carbons (Fsp3) is 0.316. The van der Waals surface area contributed by atoms with Crippen molar-refractivity contribution >= 4 is 28.7 Å². The quantitative estimate of drug-likeness (QED) is 0.752. The second kappa shape index (κ2) is 5.73. The maximum absolute atomic E-state index is 5.79. The highest BCUT2D eigenvalue weighted by Gasteiger charge is 2.29. The fourth-order valence-electron chi connectivity index (χ4n) is 3.43. The van der Waals surface area contributed by atoms with E-state index in [1.165, 1.54) is 33.6 Å². The van der Waals surface area contributed by atoms with E-state index in [4.69, 9.17) is 12.2 Å². The van der Waals surface area contributed by atoms with Crippen LogP contribution in [-0.2, 0) is 0 Å². The number of hydrogen-bond acceptors (Lipinski definition) is 1. The molecule has 1 aliphatic heterocycles. The van der Waals surface area contributed by atoms with E-state index in [9.17, 15) is 0 Å². The standard InChI is InChI=1S/C19H22N2S/c1-13-11-15(3)18(16(4)12-13)21-10-9-20(19(21)22)17-8-6-5-7-14(17)2/h5-8,11-12H,9-10H2,1-4H3. The molecule has 1 aliphatic rings. The second-order valence-electron chi connectivity index (χ2n) is 6.12. The second-order valence-corrected chi connectivity index (χ2v) is 6.48. The van der Waals surface area contributed by atoms with Crippen LogP contribution in [0.4, 0.5) is 11.4 Å². The van der Waals surface area contributed by atoms with Gasteiger partial charge in [-0.15, -0.1) is 0 Å². The zero-order valence-electron chi connectivity index (χ0n) is 13.7. The number of benzene rings is 2. The third-order valence-corrected chi connectivity index (χ3v) is 4.76. The first-order chi connectivity index (χ1) is 10.5. The third kappa shape index (κ3) is 2.50. The van der Waals surface area contributed by atoms with Gasteiger partial charge in [0.15, 0.2) is 5.11 Å². The highest BCUT2D eigenvalue weighted by molar-refractivity contribution is 7.80. The summed E-state index contributed by atoms with van der Waals surface area (Å²) < 4.78 is 0. The van der Waals surface area contributed by atoms with E-state index in [-0.39, 0.29) is 0 Å². The van der Waals surface area contributed by atoms with Crippen molar-refractivity contribution in [1.29, 1.82) is 0 Å². The van der Waals surface area contributed by atoms with Crippen molar-refractivity contribution in [2.24, 2.45) is 0 Å². The summed E-state index contributed by atoms with van der Waals surface area (Å²) in [6.07, 6.45) is 0. The third-order valence-electron chi connectivity index (χ3n) is 4.32. The van der Waals surface area contributed by atoms with Crippen molar-refractivity contribution in [3.05, 3.63) is 58.7 Å². The van der Waals surface area contributed by atoms with Gasteiger partial charge < -0.3 is 9.80 Å². The molecule has 0 saturated carbocycles. The summed E-state index contributed by atoms with van der Waals surface area (Å²) in [6, 6.07) is 12.9. The summed E-state index contributed by atoms with van der Waals surface area (Å²) in [4.78, 5) is 4.54. The minimum Gasteiger partial charge on any atom is -0.317 e. The van der Waals surface area contributed by atoms with Gasteiger partial charge in [-0.3, -0.25) is 0 Å². The Kier molecular flexibility index (Phi) is 3.92. The molecule has 0 atom stereocenters. The average molecular weight is 310 g/mol. The smallest absolute Gasteiger partial charge is 0.180 e. The predicted molar refractivity (Wildman–Crippen MR) is 99.1 cm³/mol. The minimum atomic E-state index is 0.907. The molecule has 1 saturated heterocycles. The largest absolute Gasteiger partial charge is 0.317 e. The van der Waals surface area contributed by atoms with Crippen LogP contribution in [0, 0.1) is 27.7 Å². The van der Waals surface area contributed by atoms with Crippen LogP contribution in [0.5, 0.6) is 0 Å². The summed E-state index contributed by atoms with van der Waals surface area (Å²) >= 11 is 5.79. The van der Waals surface area contributed by atoms with Gasteiger partial charge in [0.25, 0.3) is 0 Å². The van der Waals surface area contributed by atoms with Crippen LogP contribution in [0.1, 0.15) is 22.3 Å². The summed E-state index contributed by atoms with van der Waals surface area (Å²) in [5, 5.41) is 0.907. The topological polar surface area (TPSA) is 6.48 Å². The molecule has 0 spiro atoms. The van der Waals surface area contributed by atoms with Crippen LogP contribution in [0.25, 0.3) is 0 Å². The maximum Gasteiger partial charge on any atom is 0.180 e. The van der Waals surface area contributed by atoms with Crippen LogP contribution in [0.15, 0.2) is 36.4 Å². The number of anilines is 2. The van der Waals surface area contributed by atoms with Crippen molar-refractivity contribution in [2.45, 2.75) is 27.7 Å². The van der Waals surface area contributed by atoms with Gasteiger partial charge in [0.2, 0.25) is 0 Å². The van der Waals surface area contributed by atoms with E-state index in [1.54, 1.807) is 0 Å². The van der Waals surface area contributed by atoms with Gasteiger partial charge in [0.05, 0.1) is 0 Å². The first-order valence-electron chi connectivity index (χ1n) is 7.71. The van der Waals surface area contributed by atoms with E-state index >= 15 is 0 Å². The van der Waals surface area contributed by atoms with Gasteiger partial charge in [0, 0.05) is 24.5 Å². The molecule has 1 fully saturated rings. The van der Waals surface area contributed by atoms with Crippen LogP contribution >= 0.6 is 12.2 Å². The molecule has 2 nitrogen and oxygen atoms in total. The molecule has 0 unspecified atom stereocenters. The lowest BCUT2D eigenvalue weighted by molar-refractivity contribution is 1.01. The molecule has 3 heteroatoms. The monoisotopic (exact) mass is 310 g/mol. The number of hydrogen-bond donors (Lipinski definition) is 0. The zero-order valence-corrected chi connectivity index (χ0v) is 14.5. The van der Waals surface area contributed by atoms with Crippen molar-refractivity contribution in [3.63, 3.8) is 0 Å². The Balaban J connectivity index is 1.97. The zero-order chi connectivity index (χ0) is 15.9. The Bertz CT molecular complexity index is 713. The molecule has 0 N–H and O–H groups in total. The van der Waals surface area contributed by atoms with Crippen molar-refractivity contribution in [3.8, 4) is 0 Å². The molecule has 114 valence electrons. The van der Waals surface area contributed by atoms with Crippen LogP contribution < -0.4 is 9.80 Å².